The van der Waals surface area contributed by atoms with Crippen LogP contribution in [0.3, 0.4) is 0 Å². The fourth-order valence-corrected chi connectivity index (χ4v) is 4.70. The molecule has 0 saturated carbocycles. The number of primary amides is 1. The Morgan fingerprint density at radius 2 is 1.76 bits per heavy atom. The van der Waals surface area contributed by atoms with Gasteiger partial charge in [-0.05, 0) is 53.0 Å². The fraction of sp³-hybridized carbons (Fsp3) is 0.800. The van der Waals surface area contributed by atoms with Gasteiger partial charge in [-0.1, -0.05) is 0 Å². The van der Waals surface area contributed by atoms with E-state index in [1.54, 1.807) is 0 Å². The molecule has 1 aliphatic rings. The van der Waals surface area contributed by atoms with E-state index in [-0.39, 0.29) is 25.8 Å². The fourth-order valence-electron chi connectivity index (χ4n) is 4.70. The van der Waals surface area contributed by atoms with Gasteiger partial charge in [-0.3, -0.25) is 19.2 Å². The number of amides is 3. The number of nitrogens with one attached hydrogen (secondary N) is 1. The molecule has 0 spiro atoms. The highest BCUT2D eigenvalue weighted by atomic mass is 16.6. The van der Waals surface area contributed by atoms with Gasteiger partial charge in [0.05, 0.1) is 24.8 Å². The Kier molecular flexibility index (Phi) is 14.9. The lowest BCUT2D eigenvalue weighted by Crippen LogP contribution is -2.65. The molecule has 9 atom stereocenters. The molecule has 1 unspecified atom stereocenters. The van der Waals surface area contributed by atoms with E-state index in [9.17, 15) is 44.4 Å². The van der Waals surface area contributed by atoms with E-state index in [0.29, 0.717) is 6.42 Å². The van der Waals surface area contributed by atoms with E-state index in [0.717, 1.165) is 11.8 Å². The second-order valence-corrected chi connectivity index (χ2v) is 10.5. The van der Waals surface area contributed by atoms with E-state index >= 15 is 0 Å². The zero-order valence-corrected chi connectivity index (χ0v) is 24.2. The molecule has 0 bridgehead atoms. The summed E-state index contributed by atoms with van der Waals surface area (Å²) < 4.78 is 10.9. The van der Waals surface area contributed by atoms with Crippen molar-refractivity contribution in [2.45, 2.75) is 107 Å². The summed E-state index contributed by atoms with van der Waals surface area (Å²) in [5.41, 5.74) is 20.0. The predicted octanol–water partition coefficient (Wildman–Crippen LogP) is -4.37. The van der Waals surface area contributed by atoms with Crippen molar-refractivity contribution >= 4 is 29.5 Å². The quantitative estimate of drug-likeness (QED) is 0.0526. The normalized spacial score (nSPS) is 25.9. The van der Waals surface area contributed by atoms with E-state index in [4.69, 9.17) is 32.4 Å². The highest BCUT2D eigenvalue weighted by Gasteiger charge is 2.51. The second kappa shape index (κ2) is 16.8. The number of aliphatic hydroxyl groups excluding tert-OH is 3. The van der Waals surface area contributed by atoms with Gasteiger partial charge in [0.2, 0.25) is 17.7 Å². The first kappa shape index (κ1) is 37.3. The summed E-state index contributed by atoms with van der Waals surface area (Å²) in [4.78, 5) is 64.1. The first-order valence-electron chi connectivity index (χ1n) is 13.7. The van der Waals surface area contributed by atoms with E-state index < -0.39 is 103 Å². The Morgan fingerprint density at radius 1 is 1.14 bits per heavy atom. The molecule has 17 nitrogen and oxygen atoms in total. The molecule has 17 heteroatoms. The number of ketones is 1. The van der Waals surface area contributed by atoms with Crippen molar-refractivity contribution in [1.82, 2.24) is 10.2 Å². The average Bonchev–Trinajstić information content (AvgIpc) is 2.91. The zero-order chi connectivity index (χ0) is 32.4. The summed E-state index contributed by atoms with van der Waals surface area (Å²) in [5.74, 6) is -5.00. The molecule has 1 rings (SSSR count). The molecule has 0 aliphatic carbocycles. The predicted molar refractivity (Wildman–Crippen MR) is 146 cm³/mol. The van der Waals surface area contributed by atoms with Crippen molar-refractivity contribution in [1.29, 1.82) is 0 Å². The van der Waals surface area contributed by atoms with Crippen molar-refractivity contribution in [3.63, 3.8) is 0 Å². The van der Waals surface area contributed by atoms with Gasteiger partial charge >= 0.3 is 5.97 Å². The molecule has 1 saturated heterocycles. The lowest BCUT2D eigenvalue weighted by Gasteiger charge is -2.44. The maximum Gasteiger partial charge on any atom is 0.337 e. The van der Waals surface area contributed by atoms with E-state index in [1.165, 1.54) is 13.8 Å². The number of hydrogen-bond donors (Lipinski definition) is 9. The smallest absolute Gasteiger partial charge is 0.337 e. The van der Waals surface area contributed by atoms with Crippen molar-refractivity contribution < 1.29 is 53.9 Å². The minimum absolute atomic E-state index is 0.170. The third-order valence-corrected chi connectivity index (χ3v) is 7.16. The van der Waals surface area contributed by atoms with Gasteiger partial charge in [0.1, 0.15) is 24.4 Å². The van der Waals surface area contributed by atoms with E-state index in [2.05, 4.69) is 5.32 Å². The van der Waals surface area contributed by atoms with Crippen LogP contribution in [-0.2, 0) is 33.4 Å². The maximum absolute atomic E-state index is 13.7. The number of ether oxygens (including phenoxy) is 2. The van der Waals surface area contributed by atoms with Crippen LogP contribution >= 0.6 is 0 Å². The van der Waals surface area contributed by atoms with Crippen LogP contribution in [-0.4, -0.2) is 129 Å². The van der Waals surface area contributed by atoms with Crippen LogP contribution in [0.4, 0.5) is 0 Å². The van der Waals surface area contributed by atoms with Crippen LogP contribution in [0, 0.1) is 0 Å². The first-order chi connectivity index (χ1) is 19.5. The molecule has 13 N–H and O–H groups in total. The van der Waals surface area contributed by atoms with Crippen molar-refractivity contribution in [2.75, 3.05) is 19.7 Å². The highest BCUT2D eigenvalue weighted by Crippen LogP contribution is 2.29. The molecule has 1 aliphatic heterocycles. The molecule has 0 aromatic rings. The van der Waals surface area contributed by atoms with Crippen LogP contribution in [0.1, 0.15) is 52.9 Å². The number of rotatable bonds is 18. The summed E-state index contributed by atoms with van der Waals surface area (Å²) in [5, 5.41) is 42.8. The summed E-state index contributed by atoms with van der Waals surface area (Å²) in [6, 6.07) is -3.57. The standard InChI is InChI=1S/C25H46N6O11/c1-12(41-20-18(28)23(38)42-16(11-32)19(20)35)10-31(25(14(3)33,24(39)40)8-4-5-9-26)17(34)7-6-15(21(29)36)30-22(37)13(2)27/h12-13,15-16,18-20,23,32,35,38H,4-11,26-28H2,1-3H3,(H2,29,36)(H,30,37)(H,39,40)/t12?,13-,15+,16+,18+,19+,20+,23-,25+/m0/s1. The Balaban J connectivity index is 3.39. The topological polar surface area (TPSA) is 304 Å². The number of nitrogens with zero attached hydrogens (tertiary/aromatic N) is 1. The number of carbonyl (C=O) groups excluding carboxylic acids is 4. The van der Waals surface area contributed by atoms with E-state index in [1.807, 2.05) is 0 Å². The lowest BCUT2D eigenvalue weighted by molar-refractivity contribution is -0.263. The van der Waals surface area contributed by atoms with Gasteiger partial charge in [-0.2, -0.15) is 0 Å². The Hall–Kier alpha value is -2.77. The largest absolute Gasteiger partial charge is 0.479 e. The monoisotopic (exact) mass is 606 g/mol. The van der Waals surface area contributed by atoms with Gasteiger partial charge in [-0.25, -0.2) is 4.79 Å². The number of unbranched alkanes of at least 4 members (excludes halogenated alkanes) is 1. The van der Waals surface area contributed by atoms with Gasteiger partial charge in [0, 0.05) is 13.0 Å². The summed E-state index contributed by atoms with van der Waals surface area (Å²) in [6.45, 7) is 2.86. The van der Waals surface area contributed by atoms with Gasteiger partial charge in [0.25, 0.3) is 0 Å². The zero-order valence-electron chi connectivity index (χ0n) is 24.2. The third kappa shape index (κ3) is 9.37. The number of nitrogens with two attached hydrogens (primary N) is 4. The van der Waals surface area contributed by atoms with Crippen LogP contribution in [0.2, 0.25) is 0 Å². The molecule has 42 heavy (non-hydrogen) atoms. The number of aliphatic hydroxyl groups is 3. The minimum atomic E-state index is -2.36. The molecule has 242 valence electrons. The van der Waals surface area contributed by atoms with Crippen LogP contribution < -0.4 is 28.3 Å². The molecule has 1 heterocycles. The Morgan fingerprint density at radius 3 is 2.24 bits per heavy atom. The van der Waals surface area contributed by atoms with Crippen LogP contribution in [0.5, 0.6) is 0 Å². The summed E-state index contributed by atoms with van der Waals surface area (Å²) in [7, 11) is 0. The van der Waals surface area contributed by atoms with Crippen molar-refractivity contribution in [3.8, 4) is 0 Å². The second-order valence-electron chi connectivity index (χ2n) is 10.5. The number of carboxylic acid groups (broad SMARTS) is 1. The minimum Gasteiger partial charge on any atom is -0.479 e. The van der Waals surface area contributed by atoms with Gasteiger partial charge in [-0.15, -0.1) is 0 Å². The average molecular weight is 607 g/mol. The summed E-state index contributed by atoms with van der Waals surface area (Å²) in [6.07, 6.45) is -7.34. The number of carboxylic acids is 1. The Bertz CT molecular complexity index is 938. The number of carbonyl (C=O) groups is 5. The molecular formula is C25H46N6O11. The molecular weight excluding hydrogens is 560 g/mol. The van der Waals surface area contributed by atoms with Crippen LogP contribution in [0.15, 0.2) is 0 Å². The Labute approximate surface area is 243 Å². The number of hydrogen-bond acceptors (Lipinski definition) is 13. The first-order valence-corrected chi connectivity index (χ1v) is 13.7. The SMILES string of the molecule is CC(=O)[C@](CCCCN)(C(=O)O)N(CC(C)O[C@@H]1[C@@H](N)[C@@H](O)O[C@H](CO)[C@H]1O)C(=O)CC[C@@H](NC(=O)[C@H](C)N)C(N)=O. The van der Waals surface area contributed by atoms with Crippen molar-refractivity contribution in [3.05, 3.63) is 0 Å². The molecule has 3 amide bonds. The van der Waals surface area contributed by atoms with Crippen LogP contribution in [0.25, 0.3) is 0 Å². The maximum atomic E-state index is 13.7. The number of Topliss-reactive ketones (excluding diaryl/α,β-unsaturated/α-hetero) is 1. The molecule has 0 radical (unpaired) electrons. The summed E-state index contributed by atoms with van der Waals surface area (Å²) >= 11 is 0. The lowest BCUT2D eigenvalue weighted by atomic mass is 9.85. The molecule has 0 aromatic heterocycles. The third-order valence-electron chi connectivity index (χ3n) is 7.16. The van der Waals surface area contributed by atoms with Crippen molar-refractivity contribution in [2.24, 2.45) is 22.9 Å². The van der Waals surface area contributed by atoms with Gasteiger partial charge in [0.15, 0.2) is 17.6 Å². The molecule has 1 fully saturated rings. The highest BCUT2D eigenvalue weighted by molar-refractivity contribution is 6.09. The van der Waals surface area contributed by atoms with Gasteiger partial charge < -0.3 is 63.1 Å². The number of aliphatic carboxylic acids is 1. The molecule has 0 aromatic carbocycles.